The first-order chi connectivity index (χ1) is 10.3. The third kappa shape index (κ3) is 8.00. The van der Waals surface area contributed by atoms with Gasteiger partial charge in [0.1, 0.15) is 5.75 Å². The first-order valence-electron chi connectivity index (χ1n) is 7.70. The van der Waals surface area contributed by atoms with Crippen molar-refractivity contribution in [2.24, 2.45) is 0 Å². The van der Waals surface area contributed by atoms with E-state index in [0.29, 0.717) is 12.2 Å². The lowest BCUT2D eigenvalue weighted by Crippen LogP contribution is -2.02. The lowest BCUT2D eigenvalue weighted by Gasteiger charge is -2.07. The Kier molecular flexibility index (Phi) is 9.79. The highest BCUT2D eigenvalue weighted by atomic mass is 32.1. The molecule has 0 radical (unpaired) electrons. The van der Waals surface area contributed by atoms with Gasteiger partial charge in [0.25, 0.3) is 0 Å². The van der Waals surface area contributed by atoms with Crippen molar-refractivity contribution in [1.29, 1.82) is 0 Å². The molecule has 1 rings (SSSR count). The van der Waals surface area contributed by atoms with Crippen molar-refractivity contribution in [2.45, 2.75) is 44.9 Å². The van der Waals surface area contributed by atoms with Crippen LogP contribution in [0, 0.1) is 0 Å². The molecule has 3 nitrogen and oxygen atoms in total. The summed E-state index contributed by atoms with van der Waals surface area (Å²) in [7, 11) is 1.38. The van der Waals surface area contributed by atoms with Crippen LogP contribution >= 0.6 is 12.6 Å². The Balaban J connectivity index is 2.11. The van der Waals surface area contributed by atoms with Crippen molar-refractivity contribution in [3.63, 3.8) is 0 Å². The van der Waals surface area contributed by atoms with Crippen LogP contribution in [0.4, 0.5) is 0 Å². The highest BCUT2D eigenvalue weighted by Crippen LogP contribution is 2.15. The van der Waals surface area contributed by atoms with Crippen LogP contribution in [0.5, 0.6) is 5.75 Å². The fraction of sp³-hybridized carbons (Fsp3) is 0.588. The minimum Gasteiger partial charge on any atom is -0.494 e. The van der Waals surface area contributed by atoms with Gasteiger partial charge in [0.2, 0.25) is 0 Å². The normalized spacial score (nSPS) is 10.4. The number of carbonyl (C=O) groups excluding carboxylic acids is 1. The summed E-state index contributed by atoms with van der Waals surface area (Å²) < 4.78 is 10.4. The van der Waals surface area contributed by atoms with Crippen LogP contribution in [-0.4, -0.2) is 25.4 Å². The first-order valence-corrected chi connectivity index (χ1v) is 8.33. The predicted octanol–water partition coefficient (Wildman–Crippen LogP) is 4.51. The topological polar surface area (TPSA) is 35.5 Å². The summed E-state index contributed by atoms with van der Waals surface area (Å²) in [6.07, 6.45) is 8.63. The summed E-state index contributed by atoms with van der Waals surface area (Å²) in [5.41, 5.74) is 0.527. The summed E-state index contributed by atoms with van der Waals surface area (Å²) in [4.78, 5) is 11.4. The number of benzene rings is 1. The summed E-state index contributed by atoms with van der Waals surface area (Å²) >= 11 is 4.21. The van der Waals surface area contributed by atoms with Gasteiger partial charge in [-0.3, -0.25) is 0 Å². The van der Waals surface area contributed by atoms with Gasteiger partial charge >= 0.3 is 5.97 Å². The van der Waals surface area contributed by atoms with Gasteiger partial charge in [0, 0.05) is 0 Å². The Bertz CT molecular complexity index is 407. The van der Waals surface area contributed by atoms with Crippen LogP contribution in [0.25, 0.3) is 0 Å². The van der Waals surface area contributed by atoms with E-state index < -0.39 is 0 Å². The second-order valence-corrected chi connectivity index (χ2v) is 5.51. The van der Waals surface area contributed by atoms with Gasteiger partial charge in [-0.25, -0.2) is 4.79 Å². The average molecular weight is 310 g/mol. The monoisotopic (exact) mass is 310 g/mol. The van der Waals surface area contributed by atoms with Crippen molar-refractivity contribution in [3.05, 3.63) is 29.8 Å². The van der Waals surface area contributed by atoms with E-state index in [1.165, 1.54) is 45.6 Å². The van der Waals surface area contributed by atoms with Crippen LogP contribution in [-0.2, 0) is 4.74 Å². The van der Waals surface area contributed by atoms with Gasteiger partial charge in [-0.1, -0.05) is 38.2 Å². The molecular formula is C17H26O3S. The maximum atomic E-state index is 11.4. The second-order valence-electron chi connectivity index (χ2n) is 5.07. The molecule has 118 valence electrons. The lowest BCUT2D eigenvalue weighted by molar-refractivity contribution is 0.0600. The molecule has 0 heterocycles. The molecule has 0 amide bonds. The number of thiol groups is 1. The number of ether oxygens (including phenoxy) is 2. The minimum absolute atomic E-state index is 0.332. The molecule has 0 aliphatic heterocycles. The predicted molar refractivity (Wildman–Crippen MR) is 89.4 cm³/mol. The quantitative estimate of drug-likeness (QED) is 0.371. The zero-order chi connectivity index (χ0) is 15.3. The van der Waals surface area contributed by atoms with E-state index >= 15 is 0 Å². The summed E-state index contributed by atoms with van der Waals surface area (Å²) in [5, 5.41) is 0. The molecule has 0 unspecified atom stereocenters. The molecule has 0 bridgehead atoms. The lowest BCUT2D eigenvalue weighted by atomic mass is 10.1. The SMILES string of the molecule is COC(=O)c1cccc(OCCCCCCCCCS)c1. The van der Waals surface area contributed by atoms with Gasteiger partial charge in [0.15, 0.2) is 0 Å². The fourth-order valence-electron chi connectivity index (χ4n) is 2.12. The van der Waals surface area contributed by atoms with Crippen LogP contribution < -0.4 is 4.74 Å². The standard InChI is InChI=1S/C17H26O3S/c1-19-17(18)15-10-9-11-16(14-15)20-12-7-5-3-2-4-6-8-13-21/h9-11,14,21H,2-8,12-13H2,1H3. The molecule has 0 spiro atoms. The molecule has 0 atom stereocenters. The molecule has 0 N–H and O–H groups in total. The first kappa shape index (κ1) is 17.9. The highest BCUT2D eigenvalue weighted by Gasteiger charge is 2.05. The average Bonchev–Trinajstić information content (AvgIpc) is 2.53. The van der Waals surface area contributed by atoms with E-state index in [1.807, 2.05) is 12.1 Å². The van der Waals surface area contributed by atoms with E-state index in [2.05, 4.69) is 17.4 Å². The molecule has 0 aliphatic carbocycles. The molecule has 0 aromatic heterocycles. The number of methoxy groups -OCH3 is 1. The third-order valence-electron chi connectivity index (χ3n) is 3.33. The zero-order valence-electron chi connectivity index (χ0n) is 12.8. The number of hydrogen-bond acceptors (Lipinski definition) is 4. The fourth-order valence-corrected chi connectivity index (χ4v) is 2.34. The van der Waals surface area contributed by atoms with Gasteiger partial charge in [-0.15, -0.1) is 0 Å². The Morgan fingerprint density at radius 3 is 2.38 bits per heavy atom. The summed E-state index contributed by atoms with van der Waals surface area (Å²) in [5.74, 6) is 1.40. The van der Waals surface area contributed by atoms with Crippen molar-refractivity contribution < 1.29 is 14.3 Å². The van der Waals surface area contributed by atoms with Gasteiger partial charge in [-0.05, 0) is 36.8 Å². The summed E-state index contributed by atoms with van der Waals surface area (Å²) in [6.45, 7) is 0.696. The van der Waals surface area contributed by atoms with Crippen LogP contribution in [0.2, 0.25) is 0 Å². The Labute approximate surface area is 133 Å². The molecule has 21 heavy (non-hydrogen) atoms. The molecule has 0 fully saturated rings. The molecule has 0 aliphatic rings. The van der Waals surface area contributed by atoms with Gasteiger partial charge in [0.05, 0.1) is 19.3 Å². The van der Waals surface area contributed by atoms with E-state index in [9.17, 15) is 4.79 Å². The van der Waals surface area contributed by atoms with Crippen molar-refractivity contribution in [1.82, 2.24) is 0 Å². The van der Waals surface area contributed by atoms with Crippen LogP contribution in [0.3, 0.4) is 0 Å². The summed E-state index contributed by atoms with van der Waals surface area (Å²) in [6, 6.07) is 7.12. The number of esters is 1. The van der Waals surface area contributed by atoms with Crippen molar-refractivity contribution in [2.75, 3.05) is 19.5 Å². The molecular weight excluding hydrogens is 284 g/mol. The number of hydrogen-bond donors (Lipinski definition) is 1. The Hall–Kier alpha value is -1.16. The van der Waals surface area contributed by atoms with E-state index in [-0.39, 0.29) is 5.97 Å². The van der Waals surface area contributed by atoms with Gasteiger partial charge < -0.3 is 9.47 Å². The number of carbonyl (C=O) groups is 1. The Morgan fingerprint density at radius 2 is 1.71 bits per heavy atom. The maximum absolute atomic E-state index is 11.4. The molecule has 0 saturated heterocycles. The third-order valence-corrected chi connectivity index (χ3v) is 3.64. The molecule has 1 aromatic rings. The molecule has 0 saturated carbocycles. The van der Waals surface area contributed by atoms with E-state index in [4.69, 9.17) is 4.74 Å². The molecule has 4 heteroatoms. The van der Waals surface area contributed by atoms with Crippen LogP contribution in [0.1, 0.15) is 55.3 Å². The zero-order valence-corrected chi connectivity index (χ0v) is 13.7. The minimum atomic E-state index is -0.332. The largest absolute Gasteiger partial charge is 0.494 e. The van der Waals surface area contributed by atoms with Crippen molar-refractivity contribution in [3.8, 4) is 5.75 Å². The van der Waals surface area contributed by atoms with Crippen LogP contribution in [0.15, 0.2) is 24.3 Å². The van der Waals surface area contributed by atoms with Crippen molar-refractivity contribution >= 4 is 18.6 Å². The van der Waals surface area contributed by atoms with Gasteiger partial charge in [-0.2, -0.15) is 12.6 Å². The maximum Gasteiger partial charge on any atom is 0.337 e. The smallest absolute Gasteiger partial charge is 0.337 e. The second kappa shape index (κ2) is 11.5. The van der Waals surface area contributed by atoms with E-state index in [1.54, 1.807) is 12.1 Å². The molecule has 1 aromatic carbocycles. The highest BCUT2D eigenvalue weighted by molar-refractivity contribution is 7.80. The van der Waals surface area contributed by atoms with E-state index in [0.717, 1.165) is 17.9 Å². The number of rotatable bonds is 11. The Morgan fingerprint density at radius 1 is 1.05 bits per heavy atom. The number of unbranched alkanes of at least 4 members (excludes halogenated alkanes) is 6.